The van der Waals surface area contributed by atoms with E-state index in [9.17, 15) is 18.0 Å². The van der Waals surface area contributed by atoms with Crippen LogP contribution in [-0.4, -0.2) is 50.9 Å². The first kappa shape index (κ1) is 32.1. The zero-order chi connectivity index (χ0) is 30.0. The Bertz CT molecular complexity index is 1430. The number of hydrogen-bond acceptors (Lipinski definition) is 5. The highest BCUT2D eigenvalue weighted by atomic mass is 79.9. The highest BCUT2D eigenvalue weighted by Crippen LogP contribution is 2.33. The number of hydrogen-bond donors (Lipinski definition) is 1. The number of halogens is 1. The maximum Gasteiger partial charge on any atom is 0.264 e. The SMILES string of the molecule is CCCCNC(=O)[C@@H](C)N(Cc1cccc(Br)c1)C(=O)CN(c1ccccc1OCC)S(=O)(=O)c1ccc(C)cc1. The largest absolute Gasteiger partial charge is 0.492 e. The van der Waals surface area contributed by atoms with E-state index in [0.29, 0.717) is 18.9 Å². The average molecular weight is 645 g/mol. The van der Waals surface area contributed by atoms with Crippen LogP contribution >= 0.6 is 15.9 Å². The molecule has 220 valence electrons. The summed E-state index contributed by atoms with van der Waals surface area (Å²) in [5.41, 5.74) is 1.94. The molecule has 3 aromatic rings. The molecule has 0 bridgehead atoms. The monoisotopic (exact) mass is 643 g/mol. The number of rotatable bonds is 14. The summed E-state index contributed by atoms with van der Waals surface area (Å²) in [6.07, 6.45) is 1.73. The molecule has 0 heterocycles. The van der Waals surface area contributed by atoms with Gasteiger partial charge in [0.05, 0.1) is 17.2 Å². The Balaban J connectivity index is 2.05. The lowest BCUT2D eigenvalue weighted by Gasteiger charge is -2.32. The fourth-order valence-corrected chi connectivity index (χ4v) is 6.11. The number of carbonyl (C=O) groups excluding carboxylic acids is 2. The van der Waals surface area contributed by atoms with Crippen LogP contribution in [0.5, 0.6) is 5.75 Å². The van der Waals surface area contributed by atoms with E-state index in [1.54, 1.807) is 50.2 Å². The van der Waals surface area contributed by atoms with Crippen molar-refractivity contribution in [3.8, 4) is 5.75 Å². The number of nitrogens with zero attached hydrogens (tertiary/aromatic N) is 2. The molecule has 0 aromatic heterocycles. The third-order valence-electron chi connectivity index (χ3n) is 6.56. The third-order valence-corrected chi connectivity index (χ3v) is 8.83. The van der Waals surface area contributed by atoms with Gasteiger partial charge >= 0.3 is 0 Å². The van der Waals surface area contributed by atoms with E-state index in [1.807, 2.05) is 38.1 Å². The molecule has 0 aliphatic heterocycles. The normalized spacial score (nSPS) is 11.9. The lowest BCUT2D eigenvalue weighted by Crippen LogP contribution is -2.51. The Kier molecular flexibility index (Phi) is 11.8. The molecule has 2 amide bonds. The van der Waals surface area contributed by atoms with Crippen LogP contribution in [0.4, 0.5) is 5.69 Å². The van der Waals surface area contributed by atoms with Gasteiger partial charge in [-0.25, -0.2) is 8.42 Å². The zero-order valence-corrected chi connectivity index (χ0v) is 26.4. The number of ether oxygens (including phenoxy) is 1. The van der Waals surface area contributed by atoms with Gasteiger partial charge in [0.2, 0.25) is 11.8 Å². The number of unbranched alkanes of at least 4 members (excludes halogenated alkanes) is 1. The van der Waals surface area contributed by atoms with Gasteiger partial charge in [-0.3, -0.25) is 13.9 Å². The van der Waals surface area contributed by atoms with Crippen molar-refractivity contribution in [1.29, 1.82) is 0 Å². The molecule has 0 unspecified atom stereocenters. The molecule has 0 aliphatic rings. The fraction of sp³-hybridized carbons (Fsp3) is 0.355. The summed E-state index contributed by atoms with van der Waals surface area (Å²) in [7, 11) is -4.19. The summed E-state index contributed by atoms with van der Waals surface area (Å²) in [4.78, 5) is 28.6. The van der Waals surface area contributed by atoms with Crippen molar-refractivity contribution in [3.63, 3.8) is 0 Å². The highest BCUT2D eigenvalue weighted by molar-refractivity contribution is 9.10. The minimum absolute atomic E-state index is 0.0473. The predicted octanol–water partition coefficient (Wildman–Crippen LogP) is 5.69. The van der Waals surface area contributed by atoms with Crippen LogP contribution in [0.1, 0.15) is 44.7 Å². The number of nitrogens with one attached hydrogen (secondary N) is 1. The number of para-hydroxylation sites is 2. The molecule has 8 nitrogen and oxygen atoms in total. The van der Waals surface area contributed by atoms with E-state index in [4.69, 9.17) is 4.74 Å². The van der Waals surface area contributed by atoms with Gasteiger partial charge in [0.25, 0.3) is 10.0 Å². The first-order valence-corrected chi connectivity index (χ1v) is 15.9. The molecule has 1 atom stereocenters. The molecule has 41 heavy (non-hydrogen) atoms. The molecule has 1 N–H and O–H groups in total. The van der Waals surface area contributed by atoms with Crippen molar-refractivity contribution in [2.24, 2.45) is 0 Å². The Morgan fingerprint density at radius 3 is 2.37 bits per heavy atom. The molecular formula is C31H38BrN3O5S. The van der Waals surface area contributed by atoms with Crippen LogP contribution in [-0.2, 0) is 26.2 Å². The molecule has 0 radical (unpaired) electrons. The number of anilines is 1. The van der Waals surface area contributed by atoms with Crippen molar-refractivity contribution in [2.75, 3.05) is 24.0 Å². The first-order valence-electron chi connectivity index (χ1n) is 13.7. The number of aryl methyl sites for hydroxylation is 1. The van der Waals surface area contributed by atoms with Gasteiger partial charge < -0.3 is 15.0 Å². The van der Waals surface area contributed by atoms with Gasteiger partial charge in [0, 0.05) is 17.6 Å². The van der Waals surface area contributed by atoms with E-state index in [0.717, 1.165) is 32.7 Å². The lowest BCUT2D eigenvalue weighted by atomic mass is 10.1. The minimum atomic E-state index is -4.19. The van der Waals surface area contributed by atoms with Crippen molar-refractivity contribution in [2.45, 2.75) is 58.0 Å². The lowest BCUT2D eigenvalue weighted by molar-refractivity contribution is -0.139. The summed E-state index contributed by atoms with van der Waals surface area (Å²) in [6, 6.07) is 19.8. The average Bonchev–Trinajstić information content (AvgIpc) is 2.95. The van der Waals surface area contributed by atoms with E-state index in [-0.39, 0.29) is 23.0 Å². The van der Waals surface area contributed by atoms with Crippen molar-refractivity contribution < 1.29 is 22.7 Å². The van der Waals surface area contributed by atoms with Gasteiger partial charge in [-0.1, -0.05) is 71.2 Å². The number of benzene rings is 3. The third kappa shape index (κ3) is 8.56. The van der Waals surface area contributed by atoms with Gasteiger partial charge in [-0.15, -0.1) is 0 Å². The molecule has 0 aliphatic carbocycles. The number of amides is 2. The Labute approximate surface area is 251 Å². The number of carbonyl (C=O) groups is 2. The molecule has 0 saturated heterocycles. The molecule has 3 rings (SSSR count). The summed E-state index contributed by atoms with van der Waals surface area (Å²) < 4.78 is 35.8. The fourth-order valence-electron chi connectivity index (χ4n) is 4.24. The van der Waals surface area contributed by atoms with Crippen LogP contribution in [0, 0.1) is 6.92 Å². The van der Waals surface area contributed by atoms with E-state index in [2.05, 4.69) is 21.2 Å². The zero-order valence-electron chi connectivity index (χ0n) is 24.0. The van der Waals surface area contributed by atoms with Gasteiger partial charge in [-0.05, 0) is 69.2 Å². The van der Waals surface area contributed by atoms with Gasteiger partial charge in [0.15, 0.2) is 0 Å². The molecule has 0 fully saturated rings. The minimum Gasteiger partial charge on any atom is -0.492 e. The van der Waals surface area contributed by atoms with Gasteiger partial charge in [-0.2, -0.15) is 0 Å². The van der Waals surface area contributed by atoms with Crippen molar-refractivity contribution >= 4 is 43.5 Å². The van der Waals surface area contributed by atoms with Crippen LogP contribution in [0.2, 0.25) is 0 Å². The van der Waals surface area contributed by atoms with Crippen LogP contribution in [0.15, 0.2) is 82.2 Å². The summed E-state index contributed by atoms with van der Waals surface area (Å²) in [5, 5.41) is 2.89. The highest BCUT2D eigenvalue weighted by Gasteiger charge is 2.33. The second kappa shape index (κ2) is 15.0. The summed E-state index contributed by atoms with van der Waals surface area (Å²) in [5.74, 6) is -0.489. The summed E-state index contributed by atoms with van der Waals surface area (Å²) in [6.45, 7) is 7.76. The topological polar surface area (TPSA) is 96.0 Å². The first-order chi connectivity index (χ1) is 19.6. The van der Waals surface area contributed by atoms with Gasteiger partial charge in [0.1, 0.15) is 18.3 Å². The molecule has 0 spiro atoms. The standard InChI is InChI=1S/C31H38BrN3O5S/c1-5-7-19-33-31(37)24(4)34(21-25-11-10-12-26(32)20-25)30(36)22-35(28-13-8-9-14-29(28)40-6-2)41(38,39)27-17-15-23(3)16-18-27/h8-18,20,24H,5-7,19,21-22H2,1-4H3,(H,33,37)/t24-/m1/s1. The quantitative estimate of drug-likeness (QED) is 0.228. The second-order valence-electron chi connectivity index (χ2n) is 9.70. The molecule has 10 heteroatoms. The van der Waals surface area contributed by atoms with Crippen LogP contribution in [0.3, 0.4) is 0 Å². The van der Waals surface area contributed by atoms with Crippen LogP contribution < -0.4 is 14.4 Å². The van der Waals surface area contributed by atoms with Crippen molar-refractivity contribution in [1.82, 2.24) is 10.2 Å². The Morgan fingerprint density at radius 2 is 1.71 bits per heavy atom. The molecule has 0 saturated carbocycles. The molecule has 3 aromatic carbocycles. The summed E-state index contributed by atoms with van der Waals surface area (Å²) >= 11 is 3.46. The second-order valence-corrected chi connectivity index (χ2v) is 12.5. The van der Waals surface area contributed by atoms with E-state index in [1.165, 1.54) is 17.0 Å². The smallest absolute Gasteiger partial charge is 0.264 e. The van der Waals surface area contributed by atoms with Crippen LogP contribution in [0.25, 0.3) is 0 Å². The maximum atomic E-state index is 14.1. The maximum absolute atomic E-state index is 14.1. The van der Waals surface area contributed by atoms with Crippen molar-refractivity contribution in [3.05, 3.63) is 88.4 Å². The van der Waals surface area contributed by atoms with E-state index >= 15 is 0 Å². The Morgan fingerprint density at radius 1 is 1.00 bits per heavy atom. The Hall–Kier alpha value is -3.37. The predicted molar refractivity (Wildman–Crippen MR) is 165 cm³/mol. The number of sulfonamides is 1. The van der Waals surface area contributed by atoms with E-state index < -0.39 is 28.5 Å². The molecular weight excluding hydrogens is 606 g/mol.